The van der Waals surface area contributed by atoms with E-state index in [1.54, 1.807) is 0 Å². The Labute approximate surface area is 161 Å². The molecule has 0 fully saturated rings. The Balaban J connectivity index is 1.86. The summed E-state index contributed by atoms with van der Waals surface area (Å²) in [6.07, 6.45) is 1.07. The first-order valence-corrected chi connectivity index (χ1v) is 9.53. The highest BCUT2D eigenvalue weighted by Crippen LogP contribution is 2.29. The molecule has 0 atom stereocenters. The van der Waals surface area contributed by atoms with Crippen LogP contribution >= 0.6 is 0 Å². The number of nitrogens with one attached hydrogen (secondary N) is 1. The van der Waals surface area contributed by atoms with Gasteiger partial charge in [-0.25, -0.2) is 0 Å². The van der Waals surface area contributed by atoms with Crippen molar-refractivity contribution in [2.45, 2.75) is 40.2 Å². The number of amides is 1. The summed E-state index contributed by atoms with van der Waals surface area (Å²) in [5.41, 5.74) is 2.07. The first-order valence-electron chi connectivity index (χ1n) is 9.53. The average Bonchev–Trinajstić information content (AvgIpc) is 2.67. The van der Waals surface area contributed by atoms with Crippen molar-refractivity contribution < 1.29 is 19.0 Å². The highest BCUT2D eigenvalue weighted by atomic mass is 16.5. The fourth-order valence-electron chi connectivity index (χ4n) is 2.71. The van der Waals surface area contributed by atoms with Crippen LogP contribution in [0.25, 0.3) is 0 Å². The third kappa shape index (κ3) is 6.85. The second-order valence-corrected chi connectivity index (χ2v) is 6.00. The lowest BCUT2D eigenvalue weighted by Crippen LogP contribution is -2.23. The van der Waals surface area contributed by atoms with Crippen molar-refractivity contribution in [3.05, 3.63) is 53.6 Å². The lowest BCUT2D eigenvalue weighted by molar-refractivity contribution is -0.121. The van der Waals surface area contributed by atoms with Crippen molar-refractivity contribution in [1.82, 2.24) is 5.32 Å². The molecule has 0 saturated carbocycles. The second kappa shape index (κ2) is 11.1. The molecule has 0 bridgehead atoms. The Morgan fingerprint density at radius 1 is 0.852 bits per heavy atom. The molecule has 5 heteroatoms. The Kier molecular flexibility index (Phi) is 8.49. The Hall–Kier alpha value is -2.69. The molecule has 1 N–H and O–H groups in total. The SMILES string of the molecule is CCOc1cccc(CNC(=O)CCc2ccc(OCC)c(OCC)c2)c1. The van der Waals surface area contributed by atoms with E-state index >= 15 is 0 Å². The molecule has 5 nitrogen and oxygen atoms in total. The fourth-order valence-corrected chi connectivity index (χ4v) is 2.71. The van der Waals surface area contributed by atoms with E-state index in [0.717, 1.165) is 28.4 Å². The lowest BCUT2D eigenvalue weighted by Gasteiger charge is -2.12. The van der Waals surface area contributed by atoms with E-state index in [0.29, 0.717) is 39.2 Å². The predicted octanol–water partition coefficient (Wildman–Crippen LogP) is 4.13. The van der Waals surface area contributed by atoms with Crippen LogP contribution in [-0.4, -0.2) is 25.7 Å². The molecule has 0 saturated heterocycles. The van der Waals surface area contributed by atoms with Crippen LogP contribution in [0.5, 0.6) is 17.2 Å². The quantitative estimate of drug-likeness (QED) is 0.645. The molecule has 0 aliphatic carbocycles. The van der Waals surface area contributed by atoms with Gasteiger partial charge in [0.1, 0.15) is 5.75 Å². The second-order valence-electron chi connectivity index (χ2n) is 6.00. The minimum atomic E-state index is 0.0173. The van der Waals surface area contributed by atoms with E-state index < -0.39 is 0 Å². The van der Waals surface area contributed by atoms with Crippen LogP contribution < -0.4 is 19.5 Å². The van der Waals surface area contributed by atoms with Crippen LogP contribution in [0.3, 0.4) is 0 Å². The number of aryl methyl sites for hydroxylation is 1. The third-order valence-corrected chi connectivity index (χ3v) is 3.95. The van der Waals surface area contributed by atoms with Gasteiger partial charge in [-0.3, -0.25) is 4.79 Å². The Morgan fingerprint density at radius 3 is 2.33 bits per heavy atom. The maximum Gasteiger partial charge on any atom is 0.220 e. The van der Waals surface area contributed by atoms with Gasteiger partial charge in [-0.15, -0.1) is 0 Å². The van der Waals surface area contributed by atoms with Crippen LogP contribution in [0.15, 0.2) is 42.5 Å². The van der Waals surface area contributed by atoms with E-state index in [1.807, 2.05) is 63.2 Å². The van der Waals surface area contributed by atoms with Gasteiger partial charge in [0.15, 0.2) is 11.5 Å². The van der Waals surface area contributed by atoms with Gasteiger partial charge < -0.3 is 19.5 Å². The molecule has 1 amide bonds. The highest BCUT2D eigenvalue weighted by Gasteiger charge is 2.08. The van der Waals surface area contributed by atoms with Crippen molar-refractivity contribution in [1.29, 1.82) is 0 Å². The van der Waals surface area contributed by atoms with E-state index in [9.17, 15) is 4.79 Å². The standard InChI is InChI=1S/C22H29NO4/c1-4-25-19-9-7-8-18(14-19)16-23-22(24)13-11-17-10-12-20(26-5-2)21(15-17)27-6-3/h7-10,12,14-15H,4-6,11,13,16H2,1-3H3,(H,23,24). The van der Waals surface area contributed by atoms with Gasteiger partial charge in [-0.1, -0.05) is 18.2 Å². The molecule has 0 aliphatic heterocycles. The molecule has 146 valence electrons. The summed E-state index contributed by atoms with van der Waals surface area (Å²) in [7, 11) is 0. The van der Waals surface area contributed by atoms with Crippen molar-refractivity contribution >= 4 is 5.91 Å². The molecular formula is C22H29NO4. The molecule has 0 spiro atoms. The van der Waals surface area contributed by atoms with Crippen molar-refractivity contribution in [3.63, 3.8) is 0 Å². The van der Waals surface area contributed by atoms with Gasteiger partial charge >= 0.3 is 0 Å². The van der Waals surface area contributed by atoms with Gasteiger partial charge in [0.2, 0.25) is 5.91 Å². The Bertz CT molecular complexity index is 730. The number of ether oxygens (including phenoxy) is 3. The first-order chi connectivity index (χ1) is 13.2. The summed E-state index contributed by atoms with van der Waals surface area (Å²) in [4.78, 5) is 12.2. The van der Waals surface area contributed by atoms with E-state index in [1.165, 1.54) is 0 Å². The smallest absolute Gasteiger partial charge is 0.220 e. The maximum absolute atomic E-state index is 12.2. The summed E-state index contributed by atoms with van der Waals surface area (Å²) in [6, 6.07) is 13.6. The van der Waals surface area contributed by atoms with Gasteiger partial charge in [0, 0.05) is 13.0 Å². The first kappa shape index (κ1) is 20.6. The van der Waals surface area contributed by atoms with Crippen LogP contribution in [0.1, 0.15) is 38.3 Å². The zero-order valence-corrected chi connectivity index (χ0v) is 16.4. The van der Waals surface area contributed by atoms with Crippen molar-refractivity contribution in [2.75, 3.05) is 19.8 Å². The van der Waals surface area contributed by atoms with Gasteiger partial charge in [-0.2, -0.15) is 0 Å². The fraction of sp³-hybridized carbons (Fsp3) is 0.409. The highest BCUT2D eigenvalue weighted by molar-refractivity contribution is 5.76. The zero-order valence-electron chi connectivity index (χ0n) is 16.4. The van der Waals surface area contributed by atoms with Crippen LogP contribution in [-0.2, 0) is 17.8 Å². The summed E-state index contributed by atoms with van der Waals surface area (Å²) < 4.78 is 16.7. The van der Waals surface area contributed by atoms with E-state index in [-0.39, 0.29) is 5.91 Å². The normalized spacial score (nSPS) is 10.3. The third-order valence-electron chi connectivity index (χ3n) is 3.95. The lowest BCUT2D eigenvalue weighted by atomic mass is 10.1. The number of carbonyl (C=O) groups excluding carboxylic acids is 1. The van der Waals surface area contributed by atoms with Gasteiger partial charge in [0.05, 0.1) is 19.8 Å². The summed E-state index contributed by atoms with van der Waals surface area (Å²) in [6.45, 7) is 8.12. The molecule has 2 rings (SSSR count). The molecule has 27 heavy (non-hydrogen) atoms. The van der Waals surface area contributed by atoms with Crippen LogP contribution in [0.2, 0.25) is 0 Å². The molecular weight excluding hydrogens is 342 g/mol. The number of hydrogen-bond acceptors (Lipinski definition) is 4. The van der Waals surface area contributed by atoms with Crippen LogP contribution in [0, 0.1) is 0 Å². The monoisotopic (exact) mass is 371 g/mol. The molecule has 2 aromatic carbocycles. The van der Waals surface area contributed by atoms with E-state index in [2.05, 4.69) is 5.32 Å². The minimum absolute atomic E-state index is 0.0173. The van der Waals surface area contributed by atoms with Gasteiger partial charge in [0.25, 0.3) is 0 Å². The van der Waals surface area contributed by atoms with E-state index in [4.69, 9.17) is 14.2 Å². The summed E-state index contributed by atoms with van der Waals surface area (Å²) >= 11 is 0. The largest absolute Gasteiger partial charge is 0.494 e. The molecule has 2 aromatic rings. The minimum Gasteiger partial charge on any atom is -0.494 e. The number of hydrogen-bond donors (Lipinski definition) is 1. The molecule has 0 aliphatic rings. The Morgan fingerprint density at radius 2 is 1.59 bits per heavy atom. The topological polar surface area (TPSA) is 56.8 Å². The number of benzene rings is 2. The maximum atomic E-state index is 12.2. The zero-order chi connectivity index (χ0) is 19.5. The predicted molar refractivity (Wildman–Crippen MR) is 107 cm³/mol. The summed E-state index contributed by atoms with van der Waals surface area (Å²) in [5.74, 6) is 2.30. The summed E-state index contributed by atoms with van der Waals surface area (Å²) in [5, 5.41) is 2.96. The molecule has 0 aromatic heterocycles. The molecule has 0 heterocycles. The molecule has 0 radical (unpaired) electrons. The number of carbonyl (C=O) groups is 1. The van der Waals surface area contributed by atoms with Crippen molar-refractivity contribution in [3.8, 4) is 17.2 Å². The average molecular weight is 371 g/mol. The molecule has 0 unspecified atom stereocenters. The van der Waals surface area contributed by atoms with Crippen LogP contribution in [0.4, 0.5) is 0 Å². The number of rotatable bonds is 11. The van der Waals surface area contributed by atoms with Crippen molar-refractivity contribution in [2.24, 2.45) is 0 Å². The van der Waals surface area contributed by atoms with Gasteiger partial charge in [-0.05, 0) is 62.6 Å².